The van der Waals surface area contributed by atoms with Crippen molar-refractivity contribution in [3.63, 3.8) is 0 Å². The molecular formula is C18H24N2O4. The summed E-state index contributed by atoms with van der Waals surface area (Å²) in [7, 11) is 3.14. The molecule has 1 aromatic carbocycles. The van der Waals surface area contributed by atoms with Gasteiger partial charge in [-0.3, -0.25) is 9.59 Å². The van der Waals surface area contributed by atoms with Crippen LogP contribution in [0.3, 0.4) is 0 Å². The maximum Gasteiger partial charge on any atom is 0.258 e. The molecule has 2 amide bonds. The molecule has 24 heavy (non-hydrogen) atoms. The van der Waals surface area contributed by atoms with Crippen molar-refractivity contribution in [3.8, 4) is 5.75 Å². The Labute approximate surface area is 142 Å². The first-order chi connectivity index (χ1) is 11.6. The first-order valence-electron chi connectivity index (χ1n) is 8.41. The van der Waals surface area contributed by atoms with Crippen molar-refractivity contribution < 1.29 is 19.1 Å². The molecule has 0 radical (unpaired) electrons. The molecule has 130 valence electrons. The predicted octanol–water partition coefficient (Wildman–Crippen LogP) is 1.59. The molecule has 0 bridgehead atoms. The molecule has 1 atom stereocenters. The van der Waals surface area contributed by atoms with E-state index in [1.54, 1.807) is 25.1 Å². The van der Waals surface area contributed by atoms with E-state index >= 15 is 0 Å². The molecule has 1 aliphatic carbocycles. The minimum Gasteiger partial charge on any atom is -0.490 e. The Hall–Kier alpha value is -2.08. The largest absolute Gasteiger partial charge is 0.490 e. The zero-order chi connectivity index (χ0) is 17.2. The molecule has 1 N–H and O–H groups in total. The number of likely N-dealkylation sites (tertiary alicyclic amines) is 1. The van der Waals surface area contributed by atoms with E-state index in [0.717, 1.165) is 19.3 Å². The summed E-state index contributed by atoms with van der Waals surface area (Å²) < 4.78 is 11.2. The Bertz CT molecular complexity index is 629. The van der Waals surface area contributed by atoms with Gasteiger partial charge in [0.05, 0.1) is 18.3 Å². The Morgan fingerprint density at radius 1 is 1.33 bits per heavy atom. The number of para-hydroxylation sites is 1. The molecule has 2 aliphatic rings. The van der Waals surface area contributed by atoms with Crippen LogP contribution in [0.15, 0.2) is 24.3 Å². The van der Waals surface area contributed by atoms with Crippen molar-refractivity contribution >= 4 is 11.8 Å². The van der Waals surface area contributed by atoms with E-state index in [1.807, 2.05) is 18.2 Å². The third kappa shape index (κ3) is 2.98. The van der Waals surface area contributed by atoms with Crippen LogP contribution < -0.4 is 10.1 Å². The zero-order valence-corrected chi connectivity index (χ0v) is 14.2. The number of hydrogen-bond acceptors (Lipinski definition) is 4. The van der Waals surface area contributed by atoms with E-state index in [0.29, 0.717) is 24.3 Å². The Morgan fingerprint density at radius 3 is 2.75 bits per heavy atom. The quantitative estimate of drug-likeness (QED) is 0.859. The SMILES string of the molecule is CNC(=O)C1(COC)CCCN1C(=O)c1ccccc1OC1CC1. The van der Waals surface area contributed by atoms with Crippen LogP contribution in [-0.4, -0.2) is 55.7 Å². The Kier molecular flexibility index (Phi) is 4.76. The third-order valence-corrected chi connectivity index (χ3v) is 4.70. The molecule has 1 saturated heterocycles. The molecule has 0 spiro atoms. The molecule has 1 heterocycles. The van der Waals surface area contributed by atoms with Gasteiger partial charge in [-0.1, -0.05) is 12.1 Å². The summed E-state index contributed by atoms with van der Waals surface area (Å²) in [5.41, 5.74) is -0.441. The lowest BCUT2D eigenvalue weighted by Gasteiger charge is -2.36. The first kappa shape index (κ1) is 16.8. The minimum atomic E-state index is -0.951. The number of carbonyl (C=O) groups excluding carboxylic acids is 2. The number of benzene rings is 1. The smallest absolute Gasteiger partial charge is 0.258 e. The van der Waals surface area contributed by atoms with Gasteiger partial charge >= 0.3 is 0 Å². The summed E-state index contributed by atoms with van der Waals surface area (Å²) in [4.78, 5) is 27.4. The Balaban J connectivity index is 1.91. The minimum absolute atomic E-state index is 0.176. The molecular weight excluding hydrogens is 308 g/mol. The fourth-order valence-electron chi connectivity index (χ4n) is 3.35. The highest BCUT2D eigenvalue weighted by atomic mass is 16.5. The van der Waals surface area contributed by atoms with Crippen molar-refractivity contribution in [1.29, 1.82) is 0 Å². The summed E-state index contributed by atoms with van der Waals surface area (Å²) in [6.07, 6.45) is 3.63. The number of nitrogens with zero attached hydrogens (tertiary/aromatic N) is 1. The van der Waals surface area contributed by atoms with Crippen LogP contribution >= 0.6 is 0 Å². The van der Waals surface area contributed by atoms with Crippen LogP contribution in [0.1, 0.15) is 36.0 Å². The van der Waals surface area contributed by atoms with Gasteiger partial charge in [0.15, 0.2) is 0 Å². The van der Waals surface area contributed by atoms with E-state index in [9.17, 15) is 9.59 Å². The van der Waals surface area contributed by atoms with Crippen LogP contribution in [-0.2, 0) is 9.53 Å². The number of rotatable bonds is 6. The number of methoxy groups -OCH3 is 1. The second-order valence-electron chi connectivity index (χ2n) is 6.42. The van der Waals surface area contributed by atoms with Crippen LogP contribution in [0.4, 0.5) is 0 Å². The number of amides is 2. The van der Waals surface area contributed by atoms with E-state index in [4.69, 9.17) is 9.47 Å². The highest BCUT2D eigenvalue weighted by Crippen LogP contribution is 2.35. The van der Waals surface area contributed by atoms with Gasteiger partial charge in [-0.25, -0.2) is 0 Å². The molecule has 1 aliphatic heterocycles. The van der Waals surface area contributed by atoms with Crippen LogP contribution in [0.5, 0.6) is 5.75 Å². The summed E-state index contributed by atoms with van der Waals surface area (Å²) >= 11 is 0. The van der Waals surface area contributed by atoms with Crippen molar-refractivity contribution in [1.82, 2.24) is 10.2 Å². The zero-order valence-electron chi connectivity index (χ0n) is 14.2. The highest BCUT2D eigenvalue weighted by Gasteiger charge is 2.50. The maximum absolute atomic E-state index is 13.2. The lowest BCUT2D eigenvalue weighted by Crippen LogP contribution is -2.59. The Morgan fingerprint density at radius 2 is 2.08 bits per heavy atom. The van der Waals surface area contributed by atoms with E-state index in [-0.39, 0.29) is 24.5 Å². The number of carbonyl (C=O) groups is 2. The molecule has 1 saturated carbocycles. The number of likely N-dealkylation sites (N-methyl/N-ethyl adjacent to an activating group) is 1. The number of hydrogen-bond donors (Lipinski definition) is 1. The number of ether oxygens (including phenoxy) is 2. The van der Waals surface area contributed by atoms with E-state index in [1.165, 1.54) is 0 Å². The fourth-order valence-corrected chi connectivity index (χ4v) is 3.35. The van der Waals surface area contributed by atoms with Gasteiger partial charge in [-0.05, 0) is 37.8 Å². The lowest BCUT2D eigenvalue weighted by molar-refractivity contribution is -0.133. The summed E-state index contributed by atoms with van der Waals surface area (Å²) in [6, 6.07) is 7.26. The van der Waals surface area contributed by atoms with Crippen molar-refractivity contribution in [2.45, 2.75) is 37.3 Å². The molecule has 2 fully saturated rings. The van der Waals surface area contributed by atoms with Gasteiger partial charge in [-0.2, -0.15) is 0 Å². The molecule has 0 aromatic heterocycles. The summed E-state index contributed by atoms with van der Waals surface area (Å²) in [6.45, 7) is 0.720. The summed E-state index contributed by atoms with van der Waals surface area (Å²) in [5, 5.41) is 2.68. The topological polar surface area (TPSA) is 67.9 Å². The van der Waals surface area contributed by atoms with Gasteiger partial charge in [0.25, 0.3) is 5.91 Å². The van der Waals surface area contributed by atoms with Crippen LogP contribution in [0, 0.1) is 0 Å². The van der Waals surface area contributed by atoms with Gasteiger partial charge in [0, 0.05) is 20.7 Å². The van der Waals surface area contributed by atoms with Gasteiger partial charge in [-0.15, -0.1) is 0 Å². The van der Waals surface area contributed by atoms with Gasteiger partial charge in [0.1, 0.15) is 11.3 Å². The average Bonchev–Trinajstić information content (AvgIpc) is 3.31. The van der Waals surface area contributed by atoms with Gasteiger partial charge in [0.2, 0.25) is 5.91 Å². The van der Waals surface area contributed by atoms with Crippen molar-refractivity contribution in [2.24, 2.45) is 0 Å². The van der Waals surface area contributed by atoms with E-state index < -0.39 is 5.54 Å². The monoisotopic (exact) mass is 332 g/mol. The normalized spacial score (nSPS) is 23.2. The lowest BCUT2D eigenvalue weighted by atomic mass is 9.95. The van der Waals surface area contributed by atoms with E-state index in [2.05, 4.69) is 5.32 Å². The standard InChI is InChI=1S/C18H24N2O4/c1-19-17(22)18(12-23-2)10-5-11-20(18)16(21)14-6-3-4-7-15(14)24-13-8-9-13/h3-4,6-7,13H,5,8-12H2,1-2H3,(H,19,22). The van der Waals surface area contributed by atoms with Crippen molar-refractivity contribution in [2.75, 3.05) is 27.3 Å². The average molecular weight is 332 g/mol. The molecule has 3 rings (SSSR count). The maximum atomic E-state index is 13.2. The van der Waals surface area contributed by atoms with Gasteiger partial charge < -0.3 is 19.7 Å². The molecule has 1 unspecified atom stereocenters. The van der Waals surface area contributed by atoms with Crippen LogP contribution in [0.2, 0.25) is 0 Å². The van der Waals surface area contributed by atoms with Crippen molar-refractivity contribution in [3.05, 3.63) is 29.8 Å². The first-order valence-corrected chi connectivity index (χ1v) is 8.41. The molecule has 1 aromatic rings. The molecule has 6 nitrogen and oxygen atoms in total. The van der Waals surface area contributed by atoms with Crippen LogP contribution in [0.25, 0.3) is 0 Å². The fraction of sp³-hybridized carbons (Fsp3) is 0.556. The number of nitrogens with one attached hydrogen (secondary N) is 1. The summed E-state index contributed by atoms with van der Waals surface area (Å²) in [5.74, 6) is 0.236. The second-order valence-corrected chi connectivity index (χ2v) is 6.42. The second kappa shape index (κ2) is 6.81. The predicted molar refractivity (Wildman–Crippen MR) is 89.0 cm³/mol. The molecule has 6 heteroatoms. The highest BCUT2D eigenvalue weighted by molar-refractivity contribution is 6.01. The third-order valence-electron chi connectivity index (χ3n) is 4.70.